The van der Waals surface area contributed by atoms with Crippen LogP contribution in [0.3, 0.4) is 0 Å². The summed E-state index contributed by atoms with van der Waals surface area (Å²) in [6, 6.07) is 13.7. The maximum absolute atomic E-state index is 11.0. The van der Waals surface area contributed by atoms with Crippen LogP contribution in [0.1, 0.15) is 31.3 Å². The van der Waals surface area contributed by atoms with Gasteiger partial charge in [-0.15, -0.1) is 10.2 Å². The van der Waals surface area contributed by atoms with Crippen LogP contribution < -0.4 is 10.6 Å². The van der Waals surface area contributed by atoms with Gasteiger partial charge in [0.2, 0.25) is 5.91 Å². The summed E-state index contributed by atoms with van der Waals surface area (Å²) >= 11 is 0. The van der Waals surface area contributed by atoms with Crippen LogP contribution >= 0.6 is 0 Å². The van der Waals surface area contributed by atoms with Gasteiger partial charge in [-0.3, -0.25) is 9.20 Å². The number of benzene rings is 1. The standard InChI is InChI=1S/C17H19N5O/c1-12(17-21-20-16-5-3-4-10-22(16)17)18-11-14-6-8-15(9-7-14)19-13(2)23/h3-10,12,18H,11H2,1-2H3,(H,19,23). The van der Waals surface area contributed by atoms with Crippen molar-refractivity contribution in [3.05, 3.63) is 60.0 Å². The third kappa shape index (κ3) is 3.54. The van der Waals surface area contributed by atoms with Gasteiger partial charge in [0.1, 0.15) is 0 Å². The first-order valence-corrected chi connectivity index (χ1v) is 7.53. The predicted molar refractivity (Wildman–Crippen MR) is 89.0 cm³/mol. The van der Waals surface area contributed by atoms with E-state index in [0.717, 1.165) is 22.7 Å². The molecular weight excluding hydrogens is 290 g/mol. The van der Waals surface area contributed by atoms with Crippen molar-refractivity contribution in [3.8, 4) is 0 Å². The van der Waals surface area contributed by atoms with Crippen molar-refractivity contribution in [1.29, 1.82) is 0 Å². The Balaban J connectivity index is 1.64. The van der Waals surface area contributed by atoms with E-state index in [1.807, 2.05) is 53.1 Å². The van der Waals surface area contributed by atoms with E-state index in [-0.39, 0.29) is 11.9 Å². The smallest absolute Gasteiger partial charge is 0.221 e. The summed E-state index contributed by atoms with van der Waals surface area (Å²) in [5.41, 5.74) is 2.79. The van der Waals surface area contributed by atoms with E-state index in [2.05, 4.69) is 27.8 Å². The molecule has 2 aromatic heterocycles. The normalized spacial score (nSPS) is 12.3. The van der Waals surface area contributed by atoms with E-state index in [1.165, 1.54) is 6.92 Å². The predicted octanol–water partition coefficient (Wildman–Crippen LogP) is 2.54. The van der Waals surface area contributed by atoms with Crippen LogP contribution in [0.5, 0.6) is 0 Å². The molecule has 23 heavy (non-hydrogen) atoms. The minimum Gasteiger partial charge on any atom is -0.326 e. The van der Waals surface area contributed by atoms with E-state index in [1.54, 1.807) is 0 Å². The second-order valence-electron chi connectivity index (χ2n) is 5.47. The van der Waals surface area contributed by atoms with Gasteiger partial charge in [-0.1, -0.05) is 18.2 Å². The molecule has 3 aromatic rings. The van der Waals surface area contributed by atoms with Gasteiger partial charge < -0.3 is 10.6 Å². The molecule has 1 unspecified atom stereocenters. The lowest BCUT2D eigenvalue weighted by molar-refractivity contribution is -0.114. The van der Waals surface area contributed by atoms with Crippen LogP contribution in [0.15, 0.2) is 48.7 Å². The summed E-state index contributed by atoms with van der Waals surface area (Å²) in [6.07, 6.45) is 1.96. The number of hydrogen-bond acceptors (Lipinski definition) is 4. The number of rotatable bonds is 5. The number of aromatic nitrogens is 3. The van der Waals surface area contributed by atoms with Crippen LogP contribution in [0, 0.1) is 0 Å². The number of fused-ring (bicyclic) bond motifs is 1. The minimum atomic E-state index is -0.0665. The number of carbonyl (C=O) groups excluding carboxylic acids is 1. The van der Waals surface area contributed by atoms with Crippen LogP contribution in [-0.2, 0) is 11.3 Å². The summed E-state index contributed by atoms with van der Waals surface area (Å²) in [5.74, 6) is 0.818. The fourth-order valence-electron chi connectivity index (χ4n) is 2.43. The fraction of sp³-hybridized carbons (Fsp3) is 0.235. The third-order valence-electron chi connectivity index (χ3n) is 3.61. The average molecular weight is 309 g/mol. The van der Waals surface area contributed by atoms with Crippen molar-refractivity contribution < 1.29 is 4.79 Å². The second-order valence-corrected chi connectivity index (χ2v) is 5.47. The number of carbonyl (C=O) groups is 1. The molecule has 0 aliphatic carbocycles. The summed E-state index contributed by atoms with van der Waals surface area (Å²) in [5, 5.41) is 14.6. The molecule has 6 nitrogen and oxygen atoms in total. The van der Waals surface area contributed by atoms with Crippen molar-refractivity contribution in [2.45, 2.75) is 26.4 Å². The highest BCUT2D eigenvalue weighted by Gasteiger charge is 2.12. The van der Waals surface area contributed by atoms with Gasteiger partial charge in [0, 0.05) is 25.4 Å². The lowest BCUT2D eigenvalue weighted by Gasteiger charge is -2.12. The summed E-state index contributed by atoms with van der Waals surface area (Å²) in [7, 11) is 0. The van der Waals surface area contributed by atoms with Crippen molar-refractivity contribution in [1.82, 2.24) is 19.9 Å². The van der Waals surface area contributed by atoms with E-state index >= 15 is 0 Å². The SMILES string of the molecule is CC(=O)Nc1ccc(CNC(C)c2nnc3ccccn23)cc1. The first kappa shape index (κ1) is 15.2. The molecule has 2 N–H and O–H groups in total. The van der Waals surface area contributed by atoms with Crippen molar-refractivity contribution in [2.75, 3.05) is 5.32 Å². The minimum absolute atomic E-state index is 0.0665. The van der Waals surface area contributed by atoms with E-state index in [4.69, 9.17) is 0 Å². The zero-order chi connectivity index (χ0) is 16.2. The molecule has 0 saturated heterocycles. The van der Waals surface area contributed by atoms with Crippen molar-refractivity contribution in [3.63, 3.8) is 0 Å². The molecule has 118 valence electrons. The molecule has 1 atom stereocenters. The largest absolute Gasteiger partial charge is 0.326 e. The maximum atomic E-state index is 11.0. The Kier molecular flexibility index (Phi) is 4.34. The van der Waals surface area contributed by atoms with Gasteiger partial charge in [0.05, 0.1) is 6.04 Å². The van der Waals surface area contributed by atoms with Gasteiger partial charge in [-0.2, -0.15) is 0 Å². The second kappa shape index (κ2) is 6.58. The quantitative estimate of drug-likeness (QED) is 0.760. The van der Waals surface area contributed by atoms with Crippen LogP contribution in [0.25, 0.3) is 5.65 Å². The van der Waals surface area contributed by atoms with Gasteiger partial charge in [0.15, 0.2) is 11.5 Å². The Hall–Kier alpha value is -2.73. The Morgan fingerprint density at radius 2 is 1.96 bits per heavy atom. The highest BCUT2D eigenvalue weighted by Crippen LogP contribution is 2.14. The number of pyridine rings is 1. The Morgan fingerprint density at radius 3 is 2.70 bits per heavy atom. The molecular formula is C17H19N5O. The van der Waals surface area contributed by atoms with Crippen LogP contribution in [-0.4, -0.2) is 20.5 Å². The number of anilines is 1. The number of nitrogens with one attached hydrogen (secondary N) is 2. The summed E-state index contributed by atoms with van der Waals surface area (Å²) in [4.78, 5) is 11.0. The Bertz CT molecular complexity index is 809. The molecule has 0 bridgehead atoms. The molecule has 0 radical (unpaired) electrons. The molecule has 0 saturated carbocycles. The zero-order valence-corrected chi connectivity index (χ0v) is 13.2. The highest BCUT2D eigenvalue weighted by molar-refractivity contribution is 5.88. The van der Waals surface area contributed by atoms with Gasteiger partial charge in [-0.05, 0) is 36.8 Å². The topological polar surface area (TPSA) is 71.3 Å². The molecule has 1 aromatic carbocycles. The van der Waals surface area contributed by atoms with E-state index in [9.17, 15) is 4.79 Å². The summed E-state index contributed by atoms with van der Waals surface area (Å²) in [6.45, 7) is 4.28. The van der Waals surface area contributed by atoms with Gasteiger partial charge >= 0.3 is 0 Å². The molecule has 0 aliphatic rings. The maximum Gasteiger partial charge on any atom is 0.221 e. The van der Waals surface area contributed by atoms with E-state index < -0.39 is 0 Å². The first-order chi connectivity index (χ1) is 11.1. The Morgan fingerprint density at radius 1 is 1.17 bits per heavy atom. The van der Waals surface area contributed by atoms with Crippen LogP contribution in [0.2, 0.25) is 0 Å². The number of nitrogens with zero attached hydrogens (tertiary/aromatic N) is 3. The molecule has 2 heterocycles. The molecule has 0 fully saturated rings. The lowest BCUT2D eigenvalue weighted by Crippen LogP contribution is -2.20. The van der Waals surface area contributed by atoms with Gasteiger partial charge in [-0.25, -0.2) is 0 Å². The average Bonchev–Trinajstić information content (AvgIpc) is 2.97. The fourth-order valence-corrected chi connectivity index (χ4v) is 2.43. The number of hydrogen-bond donors (Lipinski definition) is 2. The molecule has 6 heteroatoms. The lowest BCUT2D eigenvalue weighted by atomic mass is 10.2. The highest BCUT2D eigenvalue weighted by atomic mass is 16.1. The third-order valence-corrected chi connectivity index (χ3v) is 3.61. The monoisotopic (exact) mass is 309 g/mol. The molecule has 0 spiro atoms. The van der Waals surface area contributed by atoms with E-state index in [0.29, 0.717) is 6.54 Å². The van der Waals surface area contributed by atoms with Crippen LogP contribution in [0.4, 0.5) is 5.69 Å². The summed E-state index contributed by atoms with van der Waals surface area (Å²) < 4.78 is 1.98. The first-order valence-electron chi connectivity index (χ1n) is 7.53. The van der Waals surface area contributed by atoms with Crippen molar-refractivity contribution >= 4 is 17.2 Å². The zero-order valence-electron chi connectivity index (χ0n) is 13.2. The van der Waals surface area contributed by atoms with Gasteiger partial charge in [0.25, 0.3) is 0 Å². The Labute approximate surface area is 134 Å². The molecule has 3 rings (SSSR count). The van der Waals surface area contributed by atoms with Crippen molar-refractivity contribution in [2.24, 2.45) is 0 Å². The molecule has 0 aliphatic heterocycles. The number of amides is 1. The molecule has 1 amide bonds.